The molecule has 21 heavy (non-hydrogen) atoms. The van der Waals surface area contributed by atoms with Gasteiger partial charge in [-0.05, 0) is 22.9 Å². The summed E-state index contributed by atoms with van der Waals surface area (Å²) in [7, 11) is 0. The molecule has 0 radical (unpaired) electrons. The van der Waals surface area contributed by atoms with E-state index in [9.17, 15) is 4.79 Å². The first kappa shape index (κ1) is 15.7. The summed E-state index contributed by atoms with van der Waals surface area (Å²) in [6.45, 7) is 5.22. The number of amides is 1. The molecule has 3 nitrogen and oxygen atoms in total. The largest absolute Gasteiger partial charge is 0.355 e. The molecule has 0 saturated heterocycles. The lowest BCUT2D eigenvalue weighted by atomic mass is 10.1. The molecule has 1 atom stereocenters. The molecule has 1 heterocycles. The molecule has 2 rings (SSSR count). The Kier molecular flexibility index (Phi) is 5.96. The van der Waals surface area contributed by atoms with Crippen LogP contribution in [0, 0.1) is 5.92 Å². The molecule has 2 N–H and O–H groups in total. The van der Waals surface area contributed by atoms with Crippen molar-refractivity contribution < 1.29 is 4.79 Å². The Hall–Kier alpha value is -1.65. The maximum Gasteiger partial charge on any atom is 0.233 e. The van der Waals surface area contributed by atoms with E-state index in [1.807, 2.05) is 24.3 Å². The summed E-state index contributed by atoms with van der Waals surface area (Å²) in [5.74, 6) is 0.511. The molecule has 0 aliphatic rings. The van der Waals surface area contributed by atoms with Gasteiger partial charge in [-0.25, -0.2) is 0 Å². The van der Waals surface area contributed by atoms with Crippen molar-refractivity contribution in [2.24, 2.45) is 5.92 Å². The molecule has 0 aliphatic heterocycles. The Morgan fingerprint density at radius 1 is 1.14 bits per heavy atom. The molecule has 1 aromatic carbocycles. The maximum atomic E-state index is 11.9. The second-order valence-electron chi connectivity index (χ2n) is 5.44. The second-order valence-corrected chi connectivity index (χ2v) is 6.42. The van der Waals surface area contributed by atoms with Gasteiger partial charge in [-0.15, -0.1) is 11.3 Å². The Bertz CT molecular complexity index is 537. The summed E-state index contributed by atoms with van der Waals surface area (Å²) < 4.78 is 0. The standard InChI is InChI=1S/C17H22N2OS/c1-13(2)11-18-16(20)12-19-17(15-9-6-10-21-15)14-7-4-3-5-8-14/h3-10,13,17,19H,11-12H2,1-2H3,(H,18,20)/t17-/m0/s1. The summed E-state index contributed by atoms with van der Waals surface area (Å²) in [6, 6.07) is 14.4. The Balaban J connectivity index is 1.99. The SMILES string of the molecule is CC(C)CNC(=O)CN[C@@H](c1ccccc1)c1cccs1. The van der Waals surface area contributed by atoms with E-state index < -0.39 is 0 Å². The van der Waals surface area contributed by atoms with Gasteiger partial charge in [0, 0.05) is 11.4 Å². The van der Waals surface area contributed by atoms with Crippen LogP contribution in [0.5, 0.6) is 0 Å². The first-order valence-corrected chi connectivity index (χ1v) is 8.13. The van der Waals surface area contributed by atoms with E-state index in [0.717, 1.165) is 6.54 Å². The van der Waals surface area contributed by atoms with Crippen molar-refractivity contribution in [2.45, 2.75) is 19.9 Å². The summed E-state index contributed by atoms with van der Waals surface area (Å²) in [4.78, 5) is 13.1. The highest BCUT2D eigenvalue weighted by Crippen LogP contribution is 2.25. The van der Waals surface area contributed by atoms with E-state index in [-0.39, 0.29) is 11.9 Å². The van der Waals surface area contributed by atoms with Gasteiger partial charge in [0.25, 0.3) is 0 Å². The lowest BCUT2D eigenvalue weighted by Gasteiger charge is -2.18. The van der Waals surface area contributed by atoms with Gasteiger partial charge < -0.3 is 5.32 Å². The lowest BCUT2D eigenvalue weighted by molar-refractivity contribution is -0.120. The van der Waals surface area contributed by atoms with Gasteiger partial charge in [0.05, 0.1) is 12.6 Å². The van der Waals surface area contributed by atoms with Crippen LogP contribution in [0.3, 0.4) is 0 Å². The zero-order chi connectivity index (χ0) is 15.1. The molecule has 0 unspecified atom stereocenters. The van der Waals surface area contributed by atoms with E-state index >= 15 is 0 Å². The molecule has 0 saturated carbocycles. The van der Waals surface area contributed by atoms with Crippen LogP contribution in [0.25, 0.3) is 0 Å². The minimum atomic E-state index is 0.0428. The number of thiophene rings is 1. The fraction of sp³-hybridized carbons (Fsp3) is 0.353. The van der Waals surface area contributed by atoms with Crippen LogP contribution < -0.4 is 10.6 Å². The first-order valence-electron chi connectivity index (χ1n) is 7.25. The average Bonchev–Trinajstić information content (AvgIpc) is 3.00. The monoisotopic (exact) mass is 302 g/mol. The van der Waals surface area contributed by atoms with Gasteiger partial charge in [-0.3, -0.25) is 10.1 Å². The number of nitrogens with one attached hydrogen (secondary N) is 2. The molecule has 112 valence electrons. The van der Waals surface area contributed by atoms with Crippen LogP contribution in [-0.4, -0.2) is 19.0 Å². The van der Waals surface area contributed by atoms with Crippen molar-refractivity contribution in [3.05, 3.63) is 58.3 Å². The van der Waals surface area contributed by atoms with E-state index in [4.69, 9.17) is 0 Å². The number of carbonyl (C=O) groups is 1. The van der Waals surface area contributed by atoms with Crippen molar-refractivity contribution in [3.8, 4) is 0 Å². The third-order valence-electron chi connectivity index (χ3n) is 3.13. The lowest BCUT2D eigenvalue weighted by Crippen LogP contribution is -2.37. The highest BCUT2D eigenvalue weighted by Gasteiger charge is 2.15. The molecule has 0 aliphatic carbocycles. The molecule has 0 spiro atoms. The third kappa shape index (κ3) is 4.99. The Morgan fingerprint density at radius 3 is 2.52 bits per heavy atom. The number of rotatable bonds is 7. The summed E-state index contributed by atoms with van der Waals surface area (Å²) in [6.07, 6.45) is 0. The van der Waals surface area contributed by atoms with Gasteiger partial charge in [0.2, 0.25) is 5.91 Å². The fourth-order valence-corrected chi connectivity index (χ4v) is 2.89. The van der Waals surface area contributed by atoms with Crippen molar-refractivity contribution in [1.29, 1.82) is 0 Å². The van der Waals surface area contributed by atoms with Gasteiger partial charge in [0.15, 0.2) is 0 Å². The van der Waals surface area contributed by atoms with Gasteiger partial charge >= 0.3 is 0 Å². The third-order valence-corrected chi connectivity index (χ3v) is 4.07. The van der Waals surface area contributed by atoms with Gasteiger partial charge in [-0.2, -0.15) is 0 Å². The van der Waals surface area contributed by atoms with E-state index in [1.165, 1.54) is 10.4 Å². The normalized spacial score (nSPS) is 12.3. The van der Waals surface area contributed by atoms with Crippen LogP contribution in [-0.2, 0) is 4.79 Å². The molecule has 2 aromatic rings. The van der Waals surface area contributed by atoms with Crippen LogP contribution >= 0.6 is 11.3 Å². The zero-order valence-electron chi connectivity index (χ0n) is 12.5. The zero-order valence-corrected chi connectivity index (χ0v) is 13.3. The van der Waals surface area contributed by atoms with Gasteiger partial charge in [0.1, 0.15) is 0 Å². The van der Waals surface area contributed by atoms with Gasteiger partial charge in [-0.1, -0.05) is 50.2 Å². The minimum Gasteiger partial charge on any atom is -0.355 e. The molecule has 4 heteroatoms. The maximum absolute atomic E-state index is 11.9. The average molecular weight is 302 g/mol. The van der Waals surface area contributed by atoms with E-state index in [1.54, 1.807) is 11.3 Å². The van der Waals surface area contributed by atoms with Crippen LogP contribution in [0.2, 0.25) is 0 Å². The Morgan fingerprint density at radius 2 is 1.90 bits per heavy atom. The van der Waals surface area contributed by atoms with Crippen LogP contribution in [0.1, 0.15) is 30.3 Å². The molecular weight excluding hydrogens is 280 g/mol. The molecule has 0 bridgehead atoms. The summed E-state index contributed by atoms with van der Waals surface area (Å²) in [5.41, 5.74) is 1.18. The summed E-state index contributed by atoms with van der Waals surface area (Å²) in [5, 5.41) is 8.36. The fourth-order valence-electron chi connectivity index (χ4n) is 2.06. The van der Waals surface area contributed by atoms with Crippen molar-refractivity contribution >= 4 is 17.2 Å². The topological polar surface area (TPSA) is 41.1 Å². The minimum absolute atomic E-state index is 0.0428. The molecule has 1 amide bonds. The quantitative estimate of drug-likeness (QED) is 0.824. The van der Waals surface area contributed by atoms with Crippen LogP contribution in [0.4, 0.5) is 0 Å². The Labute approximate surface area is 130 Å². The molecule has 1 aromatic heterocycles. The van der Waals surface area contributed by atoms with Crippen molar-refractivity contribution in [1.82, 2.24) is 10.6 Å². The highest BCUT2D eigenvalue weighted by atomic mass is 32.1. The predicted molar refractivity (Wildman–Crippen MR) is 88.5 cm³/mol. The number of benzene rings is 1. The van der Waals surface area contributed by atoms with Crippen molar-refractivity contribution in [2.75, 3.05) is 13.1 Å². The number of hydrogen-bond acceptors (Lipinski definition) is 3. The van der Waals surface area contributed by atoms with Crippen molar-refractivity contribution in [3.63, 3.8) is 0 Å². The predicted octanol–water partition coefficient (Wildman–Crippen LogP) is 3.20. The number of hydrogen-bond donors (Lipinski definition) is 2. The molecule has 0 fully saturated rings. The number of carbonyl (C=O) groups excluding carboxylic acids is 1. The van der Waals surface area contributed by atoms with E-state index in [0.29, 0.717) is 12.5 Å². The highest BCUT2D eigenvalue weighted by molar-refractivity contribution is 7.10. The summed E-state index contributed by atoms with van der Waals surface area (Å²) >= 11 is 1.70. The first-order chi connectivity index (χ1) is 10.2. The van der Waals surface area contributed by atoms with E-state index in [2.05, 4.69) is 48.1 Å². The smallest absolute Gasteiger partial charge is 0.233 e. The second kappa shape index (κ2) is 7.96. The van der Waals surface area contributed by atoms with Crippen LogP contribution in [0.15, 0.2) is 47.8 Å². The molecular formula is C17H22N2OS.